The first-order valence-electron chi connectivity index (χ1n) is 9.97. The van der Waals surface area contributed by atoms with Gasteiger partial charge in [0.15, 0.2) is 5.16 Å². The zero-order chi connectivity index (χ0) is 22.8. The second-order valence-electron chi connectivity index (χ2n) is 7.09. The predicted molar refractivity (Wildman–Crippen MR) is 129 cm³/mol. The molecule has 9 heteroatoms. The van der Waals surface area contributed by atoms with E-state index in [2.05, 4.69) is 16.0 Å². The van der Waals surface area contributed by atoms with Crippen molar-refractivity contribution in [1.29, 1.82) is 5.26 Å². The number of hydrogen-bond acceptors (Lipinski definition) is 8. The molecule has 0 radical (unpaired) electrons. The number of nitrogens with zero attached hydrogens (tertiary/aromatic N) is 4. The number of fused-ring (bicyclic) bond motifs is 2. The second-order valence-corrected chi connectivity index (χ2v) is 9.06. The molecule has 0 atom stereocenters. The van der Waals surface area contributed by atoms with Crippen LogP contribution in [-0.2, 0) is 6.54 Å². The summed E-state index contributed by atoms with van der Waals surface area (Å²) in [6.45, 7) is 0.208. The molecule has 0 fully saturated rings. The number of furan rings is 1. The van der Waals surface area contributed by atoms with Gasteiger partial charge >= 0.3 is 0 Å². The average molecular weight is 473 g/mol. The van der Waals surface area contributed by atoms with Gasteiger partial charge in [-0.1, -0.05) is 36.0 Å². The molecule has 5 aromatic rings. The molecule has 1 N–H and O–H groups in total. The van der Waals surface area contributed by atoms with Gasteiger partial charge in [-0.3, -0.25) is 9.36 Å². The Morgan fingerprint density at radius 3 is 2.64 bits per heavy atom. The molecule has 2 aromatic carbocycles. The van der Waals surface area contributed by atoms with E-state index in [9.17, 15) is 15.2 Å². The molecular formula is C24H16N4O3S2. The minimum absolute atomic E-state index is 0.0573. The number of benzene rings is 2. The van der Waals surface area contributed by atoms with Crippen molar-refractivity contribution >= 4 is 49.8 Å². The Balaban J connectivity index is 1.51. The van der Waals surface area contributed by atoms with Crippen LogP contribution in [0.4, 0.5) is 0 Å². The van der Waals surface area contributed by atoms with Gasteiger partial charge in [0.05, 0.1) is 39.7 Å². The number of para-hydroxylation sites is 2. The lowest BCUT2D eigenvalue weighted by Crippen LogP contribution is -2.24. The summed E-state index contributed by atoms with van der Waals surface area (Å²) in [5.74, 6) is 0.554. The minimum atomic E-state index is -0.199. The van der Waals surface area contributed by atoms with E-state index in [0.29, 0.717) is 26.8 Å². The second kappa shape index (κ2) is 8.94. The van der Waals surface area contributed by atoms with E-state index in [-0.39, 0.29) is 29.2 Å². The number of rotatable bonds is 6. The van der Waals surface area contributed by atoms with Gasteiger partial charge in [-0.25, -0.2) is 9.97 Å². The van der Waals surface area contributed by atoms with Gasteiger partial charge in [0.1, 0.15) is 28.2 Å². The van der Waals surface area contributed by atoms with E-state index in [1.54, 1.807) is 36.6 Å². The third-order valence-corrected chi connectivity index (χ3v) is 7.01. The first kappa shape index (κ1) is 21.0. The Morgan fingerprint density at radius 2 is 1.88 bits per heavy atom. The fraction of sp³-hybridized carbons (Fsp3) is 0.0833. The Bertz CT molecular complexity index is 1560. The Hall–Kier alpha value is -3.87. The molecule has 5 rings (SSSR count). The smallest absolute Gasteiger partial charge is 0.262 e. The maximum atomic E-state index is 13.2. The van der Waals surface area contributed by atoms with Gasteiger partial charge in [-0.05, 0) is 36.4 Å². The third kappa shape index (κ3) is 4.14. The number of thiazole rings is 1. The quantitative estimate of drug-likeness (QED) is 0.156. The summed E-state index contributed by atoms with van der Waals surface area (Å²) in [6.07, 6.45) is 1.55. The van der Waals surface area contributed by atoms with Crippen LogP contribution in [0.5, 0.6) is 0 Å². The van der Waals surface area contributed by atoms with E-state index in [1.807, 2.05) is 30.3 Å². The van der Waals surface area contributed by atoms with Crippen LogP contribution in [0.15, 0.2) is 87.1 Å². The predicted octanol–water partition coefficient (Wildman–Crippen LogP) is 5.23. The molecular weight excluding hydrogens is 456 g/mol. The van der Waals surface area contributed by atoms with Gasteiger partial charge in [0, 0.05) is 0 Å². The van der Waals surface area contributed by atoms with Crippen LogP contribution in [0.2, 0.25) is 0 Å². The van der Waals surface area contributed by atoms with Gasteiger partial charge in [-0.2, -0.15) is 5.26 Å². The number of nitriles is 1. The van der Waals surface area contributed by atoms with Gasteiger partial charge in [0.25, 0.3) is 5.56 Å². The first-order chi connectivity index (χ1) is 16.1. The zero-order valence-corrected chi connectivity index (χ0v) is 18.8. The summed E-state index contributed by atoms with van der Waals surface area (Å²) in [5.41, 5.74) is 1.25. The maximum Gasteiger partial charge on any atom is 0.262 e. The van der Waals surface area contributed by atoms with Crippen LogP contribution in [-0.4, -0.2) is 25.4 Å². The number of hydrogen-bond donors (Lipinski definition) is 1. The molecule has 0 spiro atoms. The maximum absolute atomic E-state index is 13.2. The van der Waals surface area contributed by atoms with Gasteiger partial charge < -0.3 is 9.52 Å². The third-order valence-electron chi connectivity index (χ3n) is 4.97. The highest BCUT2D eigenvalue weighted by Gasteiger charge is 2.17. The molecule has 7 nitrogen and oxygen atoms in total. The van der Waals surface area contributed by atoms with Crippen molar-refractivity contribution in [2.75, 3.05) is 5.75 Å². The van der Waals surface area contributed by atoms with Gasteiger partial charge in [0.2, 0.25) is 0 Å². The summed E-state index contributed by atoms with van der Waals surface area (Å²) < 4.78 is 7.87. The Kier molecular flexibility index (Phi) is 5.69. The van der Waals surface area contributed by atoms with Crippen molar-refractivity contribution in [2.45, 2.75) is 11.7 Å². The number of allylic oxidation sites excluding steroid dienone is 1. The molecule has 0 saturated heterocycles. The van der Waals surface area contributed by atoms with Crippen LogP contribution in [0.1, 0.15) is 10.8 Å². The summed E-state index contributed by atoms with van der Waals surface area (Å²) >= 11 is 2.53. The molecule has 3 aromatic heterocycles. The van der Waals surface area contributed by atoms with Crippen molar-refractivity contribution in [3.63, 3.8) is 0 Å². The number of thioether (sulfide) groups is 1. The molecule has 0 aliphatic heterocycles. The highest BCUT2D eigenvalue weighted by atomic mass is 32.2. The number of aromatic nitrogens is 3. The summed E-state index contributed by atoms with van der Waals surface area (Å²) in [7, 11) is 0. The standard InChI is InChI=1S/C24H16N4O3S2/c25-12-17(22-26-19-9-3-4-10-21(19)33-22)20(29)14-32-24-27-18-8-2-1-7-16(18)23(30)28(24)13-15-6-5-11-31-15/h1-11,29H,13-14H2/b20-17-. The average Bonchev–Trinajstić information content (AvgIpc) is 3.50. The highest BCUT2D eigenvalue weighted by Crippen LogP contribution is 2.30. The normalized spacial score (nSPS) is 12.1. The fourth-order valence-electron chi connectivity index (χ4n) is 3.38. The molecule has 162 valence electrons. The first-order valence-corrected chi connectivity index (χ1v) is 11.8. The molecule has 33 heavy (non-hydrogen) atoms. The largest absolute Gasteiger partial charge is 0.510 e. The Morgan fingerprint density at radius 1 is 1.09 bits per heavy atom. The van der Waals surface area contributed by atoms with Crippen LogP contribution >= 0.6 is 23.1 Å². The SMILES string of the molecule is N#C/C(=C(/O)CSc1nc2ccccc2c(=O)n1Cc1ccco1)c1nc2ccccc2s1. The lowest BCUT2D eigenvalue weighted by Gasteiger charge is -2.12. The van der Waals surface area contributed by atoms with E-state index < -0.39 is 0 Å². The number of aliphatic hydroxyl groups excluding tert-OH is 1. The topological polar surface area (TPSA) is 105 Å². The lowest BCUT2D eigenvalue weighted by molar-refractivity contribution is 0.420. The van der Waals surface area contributed by atoms with Crippen LogP contribution in [0, 0.1) is 11.3 Å². The van der Waals surface area contributed by atoms with E-state index in [0.717, 1.165) is 10.2 Å². The van der Waals surface area contributed by atoms with Crippen LogP contribution in [0.3, 0.4) is 0 Å². The fourth-order valence-corrected chi connectivity index (χ4v) is 5.23. The number of aliphatic hydroxyl groups is 1. The van der Waals surface area contributed by atoms with Crippen molar-refractivity contribution in [3.8, 4) is 6.07 Å². The van der Waals surface area contributed by atoms with Gasteiger partial charge in [-0.15, -0.1) is 11.3 Å². The van der Waals surface area contributed by atoms with Crippen molar-refractivity contribution in [2.24, 2.45) is 0 Å². The molecule has 0 bridgehead atoms. The highest BCUT2D eigenvalue weighted by molar-refractivity contribution is 7.99. The minimum Gasteiger partial charge on any atom is -0.510 e. The van der Waals surface area contributed by atoms with E-state index in [1.165, 1.54) is 27.7 Å². The zero-order valence-electron chi connectivity index (χ0n) is 17.1. The molecule has 0 aliphatic carbocycles. The van der Waals surface area contributed by atoms with Crippen LogP contribution in [0.25, 0.3) is 26.7 Å². The molecule has 3 heterocycles. The molecule has 0 saturated carbocycles. The molecule has 0 unspecified atom stereocenters. The monoisotopic (exact) mass is 472 g/mol. The summed E-state index contributed by atoms with van der Waals surface area (Å²) in [6, 6.07) is 20.3. The van der Waals surface area contributed by atoms with Crippen molar-refractivity contribution in [3.05, 3.63) is 93.8 Å². The van der Waals surface area contributed by atoms with Crippen LogP contribution < -0.4 is 5.56 Å². The summed E-state index contributed by atoms with van der Waals surface area (Å²) in [4.78, 5) is 22.3. The Labute approximate surface area is 196 Å². The lowest BCUT2D eigenvalue weighted by atomic mass is 10.2. The summed E-state index contributed by atoms with van der Waals surface area (Å²) in [5, 5.41) is 21.8. The van der Waals surface area contributed by atoms with Crippen molar-refractivity contribution in [1.82, 2.24) is 14.5 Å². The van der Waals surface area contributed by atoms with Crippen molar-refractivity contribution < 1.29 is 9.52 Å². The molecule has 0 aliphatic rings. The molecule has 0 amide bonds. The van der Waals surface area contributed by atoms with E-state index >= 15 is 0 Å². The van der Waals surface area contributed by atoms with E-state index in [4.69, 9.17) is 4.42 Å².